The number of sulfonamides is 1. The van der Waals surface area contributed by atoms with Gasteiger partial charge in [0.1, 0.15) is 12.4 Å². The molecule has 1 amide bonds. The number of aromatic nitrogens is 2. The van der Waals surface area contributed by atoms with Crippen molar-refractivity contribution in [2.75, 3.05) is 16.6 Å². The average molecular weight is 451 g/mol. The Morgan fingerprint density at radius 2 is 1.97 bits per heavy atom. The van der Waals surface area contributed by atoms with Crippen LogP contribution in [0.1, 0.15) is 10.4 Å². The predicted octanol–water partition coefficient (Wildman–Crippen LogP) is 3.81. The van der Waals surface area contributed by atoms with E-state index in [0.29, 0.717) is 28.6 Å². The molecule has 0 radical (unpaired) electrons. The van der Waals surface area contributed by atoms with E-state index < -0.39 is 15.9 Å². The largest absolute Gasteiger partial charge is 0.489 e. The van der Waals surface area contributed by atoms with Crippen molar-refractivity contribution in [1.82, 2.24) is 10.2 Å². The summed E-state index contributed by atoms with van der Waals surface area (Å²) in [5.74, 6) is 0.0278. The van der Waals surface area contributed by atoms with Crippen LogP contribution < -0.4 is 14.8 Å². The summed E-state index contributed by atoms with van der Waals surface area (Å²) in [6, 6.07) is 12.7. The number of rotatable bonds is 8. The fourth-order valence-corrected chi connectivity index (χ4v) is 4.21. The number of hydrogen-bond donors (Lipinski definition) is 2. The van der Waals surface area contributed by atoms with E-state index in [0.717, 1.165) is 11.3 Å². The molecule has 0 fully saturated rings. The van der Waals surface area contributed by atoms with Crippen molar-refractivity contribution in [3.05, 3.63) is 71.8 Å². The molecule has 2 aromatic carbocycles. The summed E-state index contributed by atoms with van der Waals surface area (Å²) in [6.07, 6.45) is 1.58. The van der Waals surface area contributed by atoms with Gasteiger partial charge < -0.3 is 4.74 Å². The summed E-state index contributed by atoms with van der Waals surface area (Å²) < 4.78 is 32.6. The van der Waals surface area contributed by atoms with E-state index in [4.69, 9.17) is 16.3 Å². The fraction of sp³-hybridized carbons (Fsp3) is 0.0556. The molecule has 11 heteroatoms. The Labute approximate surface area is 176 Å². The Hall–Kier alpha value is -2.95. The van der Waals surface area contributed by atoms with E-state index in [2.05, 4.69) is 26.8 Å². The van der Waals surface area contributed by atoms with Gasteiger partial charge in [-0.25, -0.2) is 0 Å². The van der Waals surface area contributed by atoms with Crippen LogP contribution in [-0.4, -0.2) is 31.1 Å². The molecule has 0 spiro atoms. The number of ether oxygens (including phenoxy) is 1. The lowest BCUT2D eigenvalue weighted by Crippen LogP contribution is -2.12. The number of amides is 1. The molecule has 0 saturated heterocycles. The van der Waals surface area contributed by atoms with Crippen molar-refractivity contribution in [2.45, 2.75) is 4.34 Å². The molecule has 1 aromatic heterocycles. The van der Waals surface area contributed by atoms with Gasteiger partial charge in [0.15, 0.2) is 0 Å². The molecule has 0 saturated carbocycles. The molecule has 0 aliphatic rings. The van der Waals surface area contributed by atoms with Crippen molar-refractivity contribution in [2.24, 2.45) is 0 Å². The zero-order chi connectivity index (χ0) is 20.9. The summed E-state index contributed by atoms with van der Waals surface area (Å²) in [5, 5.41) is 10.4. The SMILES string of the molecule is C=CCOc1cccc(NS(=O)(=O)c2nnc(NC(=O)c3ccc(Cl)cc3)s2)c1. The second kappa shape index (κ2) is 9.03. The van der Waals surface area contributed by atoms with Gasteiger partial charge in [0, 0.05) is 16.7 Å². The van der Waals surface area contributed by atoms with E-state index >= 15 is 0 Å². The van der Waals surface area contributed by atoms with Gasteiger partial charge in [-0.1, -0.05) is 41.7 Å². The second-order valence-electron chi connectivity index (χ2n) is 5.57. The Morgan fingerprint density at radius 1 is 1.21 bits per heavy atom. The smallest absolute Gasteiger partial charge is 0.291 e. The molecule has 0 unspecified atom stereocenters. The van der Waals surface area contributed by atoms with E-state index in [1.54, 1.807) is 48.5 Å². The van der Waals surface area contributed by atoms with Gasteiger partial charge in [-0.05, 0) is 36.4 Å². The molecular formula is C18H15ClN4O4S2. The first kappa shape index (κ1) is 20.8. The van der Waals surface area contributed by atoms with Gasteiger partial charge >= 0.3 is 0 Å². The molecule has 150 valence electrons. The van der Waals surface area contributed by atoms with Crippen molar-refractivity contribution in [1.29, 1.82) is 0 Å². The van der Waals surface area contributed by atoms with Crippen LogP contribution in [0, 0.1) is 0 Å². The molecule has 3 rings (SSSR count). The molecule has 2 N–H and O–H groups in total. The Morgan fingerprint density at radius 3 is 2.69 bits per heavy atom. The van der Waals surface area contributed by atoms with E-state index in [1.165, 1.54) is 6.07 Å². The summed E-state index contributed by atoms with van der Waals surface area (Å²) in [6.45, 7) is 3.85. The van der Waals surface area contributed by atoms with Gasteiger partial charge in [-0.15, -0.1) is 10.2 Å². The highest BCUT2D eigenvalue weighted by Crippen LogP contribution is 2.25. The van der Waals surface area contributed by atoms with E-state index in [9.17, 15) is 13.2 Å². The maximum atomic E-state index is 12.5. The molecule has 0 bridgehead atoms. The number of anilines is 2. The summed E-state index contributed by atoms with van der Waals surface area (Å²) in [7, 11) is -3.99. The van der Waals surface area contributed by atoms with Crippen molar-refractivity contribution < 1.29 is 17.9 Å². The molecule has 0 aliphatic carbocycles. The Bertz CT molecular complexity index is 1130. The minimum Gasteiger partial charge on any atom is -0.489 e. The minimum atomic E-state index is -3.99. The van der Waals surface area contributed by atoms with Gasteiger partial charge in [0.05, 0.1) is 5.69 Å². The Balaban J connectivity index is 1.70. The highest BCUT2D eigenvalue weighted by molar-refractivity contribution is 7.94. The predicted molar refractivity (Wildman–Crippen MR) is 112 cm³/mol. The number of nitrogens with zero attached hydrogens (tertiary/aromatic N) is 2. The number of carbonyl (C=O) groups excluding carboxylic acids is 1. The van der Waals surface area contributed by atoms with E-state index in [-0.39, 0.29) is 9.47 Å². The van der Waals surface area contributed by atoms with Crippen LogP contribution in [-0.2, 0) is 10.0 Å². The lowest BCUT2D eigenvalue weighted by molar-refractivity contribution is 0.102. The summed E-state index contributed by atoms with van der Waals surface area (Å²) in [4.78, 5) is 12.2. The van der Waals surface area contributed by atoms with Crippen molar-refractivity contribution >= 4 is 49.7 Å². The monoisotopic (exact) mass is 450 g/mol. The molecular weight excluding hydrogens is 436 g/mol. The second-order valence-corrected chi connectivity index (χ2v) is 8.84. The third-order valence-corrected chi connectivity index (χ3v) is 6.26. The van der Waals surface area contributed by atoms with Gasteiger partial charge in [-0.2, -0.15) is 8.42 Å². The van der Waals surface area contributed by atoms with Gasteiger partial charge in [0.25, 0.3) is 20.3 Å². The number of benzene rings is 2. The quantitative estimate of drug-likeness (QED) is 0.399. The lowest BCUT2D eigenvalue weighted by Gasteiger charge is -2.08. The van der Waals surface area contributed by atoms with Crippen LogP contribution in [0.25, 0.3) is 0 Å². The molecule has 8 nitrogen and oxygen atoms in total. The first-order chi connectivity index (χ1) is 13.9. The lowest BCUT2D eigenvalue weighted by atomic mass is 10.2. The first-order valence-corrected chi connectivity index (χ1v) is 10.8. The van der Waals surface area contributed by atoms with Crippen LogP contribution in [0.2, 0.25) is 5.02 Å². The number of halogens is 1. The maximum absolute atomic E-state index is 12.5. The maximum Gasteiger partial charge on any atom is 0.291 e. The third kappa shape index (κ3) is 5.53. The fourth-order valence-electron chi connectivity index (χ4n) is 2.14. The van der Waals surface area contributed by atoms with Crippen LogP contribution in [0.3, 0.4) is 0 Å². The zero-order valence-corrected chi connectivity index (χ0v) is 17.2. The summed E-state index contributed by atoms with van der Waals surface area (Å²) in [5.41, 5.74) is 0.650. The van der Waals surface area contributed by atoms with Crippen LogP contribution in [0.5, 0.6) is 5.75 Å². The molecule has 0 aliphatic heterocycles. The zero-order valence-electron chi connectivity index (χ0n) is 14.8. The molecule has 3 aromatic rings. The molecule has 0 atom stereocenters. The van der Waals surface area contributed by atoms with Crippen molar-refractivity contribution in [3.8, 4) is 5.75 Å². The van der Waals surface area contributed by atoms with Crippen LogP contribution in [0.15, 0.2) is 65.5 Å². The number of hydrogen-bond acceptors (Lipinski definition) is 7. The van der Waals surface area contributed by atoms with Gasteiger partial charge in [-0.3, -0.25) is 14.8 Å². The van der Waals surface area contributed by atoms with Gasteiger partial charge in [0.2, 0.25) is 5.13 Å². The van der Waals surface area contributed by atoms with Crippen LogP contribution >= 0.6 is 22.9 Å². The molecule has 1 heterocycles. The first-order valence-electron chi connectivity index (χ1n) is 8.14. The normalized spacial score (nSPS) is 10.9. The number of nitrogens with one attached hydrogen (secondary N) is 2. The third-order valence-electron chi connectivity index (χ3n) is 3.42. The number of carbonyl (C=O) groups is 1. The highest BCUT2D eigenvalue weighted by Gasteiger charge is 2.21. The average Bonchev–Trinajstić information content (AvgIpc) is 3.16. The van der Waals surface area contributed by atoms with E-state index in [1.807, 2.05) is 0 Å². The Kier molecular flexibility index (Phi) is 6.47. The van der Waals surface area contributed by atoms with Crippen molar-refractivity contribution in [3.63, 3.8) is 0 Å². The summed E-state index contributed by atoms with van der Waals surface area (Å²) >= 11 is 6.52. The highest BCUT2D eigenvalue weighted by atomic mass is 35.5. The van der Waals surface area contributed by atoms with Crippen LogP contribution in [0.4, 0.5) is 10.8 Å². The minimum absolute atomic E-state index is 0.0494. The molecule has 29 heavy (non-hydrogen) atoms. The standard InChI is InChI=1S/C18H15ClN4O4S2/c1-2-10-27-15-5-3-4-14(11-15)23-29(25,26)18-22-21-17(28-18)20-16(24)12-6-8-13(19)9-7-12/h2-9,11,23H,1,10H2,(H,20,21,24). The topological polar surface area (TPSA) is 110 Å².